The molecule has 4 nitrogen and oxygen atoms in total. The summed E-state index contributed by atoms with van der Waals surface area (Å²) >= 11 is 0. The summed E-state index contributed by atoms with van der Waals surface area (Å²) in [5.41, 5.74) is 1.95. The van der Waals surface area contributed by atoms with Crippen LogP contribution in [0.5, 0.6) is 0 Å². The summed E-state index contributed by atoms with van der Waals surface area (Å²) in [5.74, 6) is -1.56. The van der Waals surface area contributed by atoms with Gasteiger partial charge in [-0.1, -0.05) is 103 Å². The van der Waals surface area contributed by atoms with E-state index in [4.69, 9.17) is 5.11 Å². The van der Waals surface area contributed by atoms with Gasteiger partial charge in [0.2, 0.25) is 5.91 Å². The first-order chi connectivity index (χ1) is 14.6. The van der Waals surface area contributed by atoms with Crippen LogP contribution in [0, 0.1) is 0 Å². The van der Waals surface area contributed by atoms with Crippen LogP contribution in [0.1, 0.15) is 102 Å². The minimum Gasteiger partial charge on any atom is -0.478 e. The van der Waals surface area contributed by atoms with Crippen molar-refractivity contribution in [1.82, 2.24) is 0 Å². The molecule has 0 aliphatic heterocycles. The molecule has 0 fully saturated rings. The standard InChI is InChI=1S/C26H41NO3/c1-2-3-4-5-6-7-8-9-10-11-12-13-14-15-16-23-17-19-24(20-18-23)27-25(28)21-22-26(29)30/h17-22H,2-16H2,1H3,(H,27,28)(H,29,30)/b22-21-. The second-order valence-electron chi connectivity index (χ2n) is 8.20. The van der Waals surface area contributed by atoms with Crippen LogP contribution in [0.15, 0.2) is 36.4 Å². The minimum absolute atomic E-state index is 0.433. The molecule has 0 unspecified atom stereocenters. The maximum absolute atomic E-state index is 11.6. The average Bonchev–Trinajstić information content (AvgIpc) is 2.73. The van der Waals surface area contributed by atoms with Crippen molar-refractivity contribution < 1.29 is 14.7 Å². The Morgan fingerprint density at radius 3 is 1.67 bits per heavy atom. The molecule has 1 amide bonds. The summed E-state index contributed by atoms with van der Waals surface area (Å²) < 4.78 is 0. The molecule has 0 heterocycles. The van der Waals surface area contributed by atoms with Crippen LogP contribution < -0.4 is 5.32 Å². The SMILES string of the molecule is CCCCCCCCCCCCCCCCc1ccc(NC(=O)/C=C\C(=O)O)cc1. The van der Waals surface area contributed by atoms with Crippen LogP contribution in [-0.2, 0) is 16.0 Å². The van der Waals surface area contributed by atoms with E-state index in [-0.39, 0.29) is 0 Å². The Balaban J connectivity index is 1.98. The lowest BCUT2D eigenvalue weighted by Gasteiger charge is -2.05. The van der Waals surface area contributed by atoms with Crippen molar-refractivity contribution in [1.29, 1.82) is 0 Å². The van der Waals surface area contributed by atoms with E-state index in [2.05, 4.69) is 12.2 Å². The molecule has 1 aromatic rings. The Morgan fingerprint density at radius 2 is 1.20 bits per heavy atom. The van der Waals surface area contributed by atoms with E-state index in [0.29, 0.717) is 5.69 Å². The number of carbonyl (C=O) groups excluding carboxylic acids is 1. The maximum Gasteiger partial charge on any atom is 0.328 e. The maximum atomic E-state index is 11.6. The third-order valence-corrected chi connectivity index (χ3v) is 5.42. The minimum atomic E-state index is -1.13. The van der Waals surface area contributed by atoms with Crippen LogP contribution in [0.25, 0.3) is 0 Å². The third kappa shape index (κ3) is 14.8. The summed E-state index contributed by atoms with van der Waals surface area (Å²) in [6.07, 6.45) is 22.1. The Labute approximate surface area is 183 Å². The fourth-order valence-electron chi connectivity index (χ4n) is 3.61. The van der Waals surface area contributed by atoms with Crippen LogP contribution in [0.2, 0.25) is 0 Å². The largest absolute Gasteiger partial charge is 0.478 e. The number of unbranched alkanes of at least 4 members (excludes halogenated alkanes) is 13. The average molecular weight is 416 g/mol. The Hall–Kier alpha value is -2.10. The number of carboxylic acids is 1. The molecular weight excluding hydrogens is 374 g/mol. The number of hydrogen-bond acceptors (Lipinski definition) is 2. The van der Waals surface area contributed by atoms with E-state index in [9.17, 15) is 9.59 Å². The number of rotatable bonds is 18. The van der Waals surface area contributed by atoms with Crippen molar-refractivity contribution in [3.63, 3.8) is 0 Å². The summed E-state index contributed by atoms with van der Waals surface area (Å²) in [4.78, 5) is 22.0. The van der Waals surface area contributed by atoms with E-state index in [1.54, 1.807) is 0 Å². The molecule has 168 valence electrons. The lowest BCUT2D eigenvalue weighted by Crippen LogP contribution is -2.08. The van der Waals surface area contributed by atoms with Gasteiger partial charge in [-0.2, -0.15) is 0 Å². The highest BCUT2D eigenvalue weighted by Crippen LogP contribution is 2.15. The number of anilines is 1. The predicted molar refractivity (Wildman–Crippen MR) is 126 cm³/mol. The number of aryl methyl sites for hydroxylation is 1. The molecule has 0 saturated heterocycles. The van der Waals surface area contributed by atoms with Gasteiger partial charge in [0.1, 0.15) is 0 Å². The molecule has 0 atom stereocenters. The zero-order valence-corrected chi connectivity index (χ0v) is 18.8. The van der Waals surface area contributed by atoms with Crippen molar-refractivity contribution in [2.45, 2.75) is 103 Å². The molecule has 1 rings (SSSR count). The van der Waals surface area contributed by atoms with Crippen molar-refractivity contribution in [3.05, 3.63) is 42.0 Å². The molecule has 30 heavy (non-hydrogen) atoms. The summed E-state index contributed by atoms with van der Waals surface area (Å²) in [7, 11) is 0. The Kier molecular flexibility index (Phi) is 15.3. The molecule has 0 aliphatic carbocycles. The van der Waals surface area contributed by atoms with Crippen LogP contribution in [-0.4, -0.2) is 17.0 Å². The second-order valence-corrected chi connectivity index (χ2v) is 8.20. The summed E-state index contributed by atoms with van der Waals surface area (Å²) in [6, 6.07) is 7.79. The molecule has 4 heteroatoms. The normalized spacial score (nSPS) is 11.1. The van der Waals surface area contributed by atoms with E-state index in [0.717, 1.165) is 18.6 Å². The van der Waals surface area contributed by atoms with Gasteiger partial charge in [-0.3, -0.25) is 4.79 Å². The number of amides is 1. The highest BCUT2D eigenvalue weighted by Gasteiger charge is 2.00. The van der Waals surface area contributed by atoms with Crippen LogP contribution in [0.3, 0.4) is 0 Å². The monoisotopic (exact) mass is 415 g/mol. The molecule has 0 radical (unpaired) electrons. The third-order valence-electron chi connectivity index (χ3n) is 5.42. The first-order valence-corrected chi connectivity index (χ1v) is 11.9. The Bertz CT molecular complexity index is 607. The van der Waals surface area contributed by atoms with Gasteiger partial charge >= 0.3 is 5.97 Å². The number of carboxylic acid groups (broad SMARTS) is 1. The van der Waals surface area contributed by atoms with Crippen molar-refractivity contribution >= 4 is 17.6 Å². The number of nitrogens with one attached hydrogen (secondary N) is 1. The second kappa shape index (κ2) is 17.7. The van der Waals surface area contributed by atoms with Gasteiger partial charge in [0, 0.05) is 17.8 Å². The van der Waals surface area contributed by atoms with Gasteiger partial charge in [0.25, 0.3) is 0 Å². The molecule has 0 spiro atoms. The van der Waals surface area contributed by atoms with Gasteiger partial charge in [-0.15, -0.1) is 0 Å². The topological polar surface area (TPSA) is 66.4 Å². The molecular formula is C26H41NO3. The fourth-order valence-corrected chi connectivity index (χ4v) is 3.61. The van der Waals surface area contributed by atoms with Crippen LogP contribution in [0.4, 0.5) is 5.69 Å². The van der Waals surface area contributed by atoms with Gasteiger partial charge in [-0.25, -0.2) is 4.79 Å². The van der Waals surface area contributed by atoms with Gasteiger partial charge in [0.15, 0.2) is 0 Å². The number of hydrogen-bond donors (Lipinski definition) is 2. The van der Waals surface area contributed by atoms with Crippen molar-refractivity contribution in [2.75, 3.05) is 5.32 Å². The fraction of sp³-hybridized carbons (Fsp3) is 0.615. The molecule has 0 aliphatic rings. The van der Waals surface area contributed by atoms with E-state index in [1.165, 1.54) is 95.5 Å². The van der Waals surface area contributed by atoms with Gasteiger partial charge in [-0.05, 0) is 30.5 Å². The molecule has 1 aromatic carbocycles. The highest BCUT2D eigenvalue weighted by atomic mass is 16.4. The van der Waals surface area contributed by atoms with E-state index < -0.39 is 11.9 Å². The zero-order chi connectivity index (χ0) is 21.9. The lowest BCUT2D eigenvalue weighted by molar-refractivity contribution is -0.131. The molecule has 2 N–H and O–H groups in total. The predicted octanol–water partition coefficient (Wildman–Crippen LogP) is 7.29. The highest BCUT2D eigenvalue weighted by molar-refractivity contribution is 6.02. The molecule has 0 saturated carbocycles. The number of carbonyl (C=O) groups is 2. The molecule has 0 aromatic heterocycles. The number of aliphatic carboxylic acids is 1. The number of benzene rings is 1. The smallest absolute Gasteiger partial charge is 0.328 e. The summed E-state index contributed by atoms with van der Waals surface area (Å²) in [5, 5.41) is 11.2. The lowest BCUT2D eigenvalue weighted by atomic mass is 10.0. The van der Waals surface area contributed by atoms with Crippen molar-refractivity contribution in [3.8, 4) is 0 Å². The van der Waals surface area contributed by atoms with Crippen molar-refractivity contribution in [2.24, 2.45) is 0 Å². The van der Waals surface area contributed by atoms with Gasteiger partial charge < -0.3 is 10.4 Å². The van der Waals surface area contributed by atoms with E-state index >= 15 is 0 Å². The molecule has 0 bridgehead atoms. The quantitative estimate of drug-likeness (QED) is 0.195. The van der Waals surface area contributed by atoms with Gasteiger partial charge in [0.05, 0.1) is 0 Å². The van der Waals surface area contributed by atoms with E-state index in [1.807, 2.05) is 24.3 Å². The first kappa shape index (κ1) is 25.9. The van der Waals surface area contributed by atoms with Crippen LogP contribution >= 0.6 is 0 Å². The summed E-state index contributed by atoms with van der Waals surface area (Å²) in [6.45, 7) is 2.27. The Morgan fingerprint density at radius 1 is 0.733 bits per heavy atom. The zero-order valence-electron chi connectivity index (χ0n) is 18.8. The first-order valence-electron chi connectivity index (χ1n) is 11.9.